The molecule has 0 N–H and O–H groups in total. The highest BCUT2D eigenvalue weighted by Gasteiger charge is 2.18. The van der Waals surface area contributed by atoms with Crippen LogP contribution in [0.2, 0.25) is 0 Å². The summed E-state index contributed by atoms with van der Waals surface area (Å²) in [5.41, 5.74) is 3.72. The second-order valence-electron chi connectivity index (χ2n) is 4.76. The third kappa shape index (κ3) is 3.15. The number of carbonyl (C=O) groups excluding carboxylic acids is 1. The molecule has 0 amide bonds. The van der Waals surface area contributed by atoms with Crippen molar-refractivity contribution < 1.29 is 13.6 Å². The molecular weight excluding hydrogens is 234 g/mol. The zero-order valence-electron chi connectivity index (χ0n) is 11.4. The van der Waals surface area contributed by atoms with Gasteiger partial charge in [0.1, 0.15) is 0 Å². The van der Waals surface area contributed by atoms with E-state index in [0.717, 1.165) is 23.1 Å². The summed E-state index contributed by atoms with van der Waals surface area (Å²) < 4.78 is 25.2. The molecule has 0 fully saturated rings. The summed E-state index contributed by atoms with van der Waals surface area (Å²) in [6.45, 7) is 7.41. The van der Waals surface area contributed by atoms with Gasteiger partial charge in [-0.3, -0.25) is 4.79 Å². The first-order valence-electron chi connectivity index (χ1n) is 6.29. The lowest BCUT2D eigenvalue weighted by Gasteiger charge is -2.16. The molecule has 0 spiro atoms. The Morgan fingerprint density at radius 2 is 1.83 bits per heavy atom. The summed E-state index contributed by atoms with van der Waals surface area (Å²) in [7, 11) is 0. The van der Waals surface area contributed by atoms with Crippen LogP contribution in [0.25, 0.3) is 0 Å². The summed E-state index contributed by atoms with van der Waals surface area (Å²) >= 11 is 0. The van der Waals surface area contributed by atoms with Gasteiger partial charge in [0, 0.05) is 18.4 Å². The normalized spacial score (nSPS) is 11.1. The lowest BCUT2D eigenvalue weighted by molar-refractivity contribution is 0.0979. The van der Waals surface area contributed by atoms with E-state index in [1.165, 1.54) is 0 Å². The van der Waals surface area contributed by atoms with E-state index in [2.05, 4.69) is 0 Å². The Kier molecular flexibility index (Phi) is 5.00. The Labute approximate surface area is 107 Å². The van der Waals surface area contributed by atoms with Crippen LogP contribution in [0.5, 0.6) is 0 Å². The molecule has 18 heavy (non-hydrogen) atoms. The standard InChI is InChI=1S/C15H20F2O/c1-5-6-13(18)15-10(3)7-9(2)12(11(15)4)8-14(16)17/h7,14H,5-6,8H2,1-4H3. The van der Waals surface area contributed by atoms with Crippen molar-refractivity contribution in [2.75, 3.05) is 0 Å². The van der Waals surface area contributed by atoms with E-state index in [0.29, 0.717) is 17.5 Å². The molecule has 3 heteroatoms. The van der Waals surface area contributed by atoms with Crippen molar-refractivity contribution in [3.63, 3.8) is 0 Å². The summed E-state index contributed by atoms with van der Waals surface area (Å²) in [6, 6.07) is 1.84. The van der Waals surface area contributed by atoms with E-state index in [1.54, 1.807) is 6.92 Å². The van der Waals surface area contributed by atoms with Crippen LogP contribution in [-0.4, -0.2) is 12.2 Å². The quantitative estimate of drug-likeness (QED) is 0.712. The molecule has 0 aromatic heterocycles. The largest absolute Gasteiger partial charge is 0.294 e. The van der Waals surface area contributed by atoms with E-state index >= 15 is 0 Å². The number of aryl methyl sites for hydroxylation is 2. The smallest absolute Gasteiger partial charge is 0.242 e. The Balaban J connectivity index is 3.30. The van der Waals surface area contributed by atoms with E-state index in [9.17, 15) is 13.6 Å². The SMILES string of the molecule is CCCC(=O)c1c(C)cc(C)c(CC(F)F)c1C. The van der Waals surface area contributed by atoms with Crippen LogP contribution in [0.4, 0.5) is 8.78 Å². The monoisotopic (exact) mass is 254 g/mol. The molecule has 0 saturated heterocycles. The Hall–Kier alpha value is -1.25. The second kappa shape index (κ2) is 6.07. The maximum absolute atomic E-state index is 12.6. The third-order valence-electron chi connectivity index (χ3n) is 3.25. The van der Waals surface area contributed by atoms with Gasteiger partial charge in [0.05, 0.1) is 0 Å². The minimum Gasteiger partial charge on any atom is -0.294 e. The third-order valence-corrected chi connectivity index (χ3v) is 3.25. The van der Waals surface area contributed by atoms with Crippen LogP contribution in [-0.2, 0) is 6.42 Å². The fourth-order valence-corrected chi connectivity index (χ4v) is 2.48. The molecule has 0 aliphatic carbocycles. The number of halogens is 2. The highest BCUT2D eigenvalue weighted by Crippen LogP contribution is 2.25. The number of rotatable bonds is 5. The summed E-state index contributed by atoms with van der Waals surface area (Å²) in [4.78, 5) is 12.0. The molecule has 0 heterocycles. The van der Waals surface area contributed by atoms with Crippen molar-refractivity contribution in [2.45, 2.75) is 53.4 Å². The average Bonchev–Trinajstić information content (AvgIpc) is 2.24. The number of hydrogen-bond acceptors (Lipinski definition) is 1. The highest BCUT2D eigenvalue weighted by atomic mass is 19.3. The second-order valence-corrected chi connectivity index (χ2v) is 4.76. The van der Waals surface area contributed by atoms with Gasteiger partial charge in [-0.05, 0) is 49.4 Å². The lowest BCUT2D eigenvalue weighted by atomic mass is 9.89. The van der Waals surface area contributed by atoms with Gasteiger partial charge in [-0.1, -0.05) is 13.0 Å². The molecule has 0 aliphatic rings. The fraction of sp³-hybridized carbons (Fsp3) is 0.533. The predicted octanol–water partition coefficient (Wildman–Crippen LogP) is 4.40. The summed E-state index contributed by atoms with van der Waals surface area (Å²) in [5, 5.41) is 0. The van der Waals surface area contributed by atoms with Gasteiger partial charge >= 0.3 is 0 Å². The fourth-order valence-electron chi connectivity index (χ4n) is 2.48. The number of Topliss-reactive ketones (excluding diaryl/α,β-unsaturated/α-hetero) is 1. The van der Waals surface area contributed by atoms with Crippen molar-refractivity contribution in [3.05, 3.63) is 33.9 Å². The average molecular weight is 254 g/mol. The molecule has 1 nitrogen and oxygen atoms in total. The van der Waals surface area contributed by atoms with Crippen molar-refractivity contribution in [1.82, 2.24) is 0 Å². The lowest BCUT2D eigenvalue weighted by Crippen LogP contribution is -2.10. The van der Waals surface area contributed by atoms with Crippen molar-refractivity contribution in [1.29, 1.82) is 0 Å². The Morgan fingerprint density at radius 3 is 2.33 bits per heavy atom. The zero-order valence-corrected chi connectivity index (χ0v) is 11.4. The number of carbonyl (C=O) groups is 1. The number of ketones is 1. The van der Waals surface area contributed by atoms with Crippen LogP contribution >= 0.6 is 0 Å². The predicted molar refractivity (Wildman–Crippen MR) is 69.6 cm³/mol. The van der Waals surface area contributed by atoms with Crippen LogP contribution in [0, 0.1) is 20.8 Å². The molecule has 1 aromatic rings. The van der Waals surface area contributed by atoms with Gasteiger partial charge in [-0.15, -0.1) is 0 Å². The molecule has 0 unspecified atom stereocenters. The summed E-state index contributed by atoms with van der Waals surface area (Å²) in [5.74, 6) is 0.0583. The molecule has 1 aromatic carbocycles. The van der Waals surface area contributed by atoms with E-state index in [1.807, 2.05) is 26.8 Å². The van der Waals surface area contributed by atoms with Gasteiger partial charge in [0.15, 0.2) is 5.78 Å². The number of alkyl halides is 2. The number of hydrogen-bond donors (Lipinski definition) is 0. The molecule has 0 bridgehead atoms. The van der Waals surface area contributed by atoms with Gasteiger partial charge in [0.25, 0.3) is 0 Å². The van der Waals surface area contributed by atoms with Crippen LogP contribution in [0.3, 0.4) is 0 Å². The highest BCUT2D eigenvalue weighted by molar-refractivity contribution is 5.99. The van der Waals surface area contributed by atoms with E-state index in [4.69, 9.17) is 0 Å². The molecular formula is C15H20F2O. The molecule has 0 aliphatic heterocycles. The van der Waals surface area contributed by atoms with Gasteiger partial charge in [0.2, 0.25) is 6.43 Å². The van der Waals surface area contributed by atoms with Crippen molar-refractivity contribution >= 4 is 5.78 Å². The van der Waals surface area contributed by atoms with Crippen molar-refractivity contribution in [3.8, 4) is 0 Å². The molecule has 0 atom stereocenters. The zero-order chi connectivity index (χ0) is 13.9. The summed E-state index contributed by atoms with van der Waals surface area (Å²) in [6.07, 6.45) is -1.40. The minimum atomic E-state index is -2.38. The minimum absolute atomic E-state index is 0.0583. The van der Waals surface area contributed by atoms with Crippen LogP contribution in [0.1, 0.15) is 52.4 Å². The molecule has 100 valence electrons. The van der Waals surface area contributed by atoms with Crippen LogP contribution < -0.4 is 0 Å². The first-order valence-corrected chi connectivity index (χ1v) is 6.29. The first kappa shape index (κ1) is 14.8. The van der Waals surface area contributed by atoms with Crippen molar-refractivity contribution in [2.24, 2.45) is 0 Å². The topological polar surface area (TPSA) is 17.1 Å². The van der Waals surface area contributed by atoms with E-state index < -0.39 is 6.43 Å². The molecule has 0 radical (unpaired) electrons. The van der Waals surface area contributed by atoms with Gasteiger partial charge < -0.3 is 0 Å². The first-order chi connectivity index (χ1) is 8.38. The van der Waals surface area contributed by atoms with Crippen LogP contribution in [0.15, 0.2) is 6.07 Å². The Morgan fingerprint density at radius 1 is 1.22 bits per heavy atom. The maximum Gasteiger partial charge on any atom is 0.242 e. The maximum atomic E-state index is 12.6. The van der Waals surface area contributed by atoms with Gasteiger partial charge in [-0.2, -0.15) is 0 Å². The Bertz CT molecular complexity index is 450. The molecule has 0 saturated carbocycles. The number of benzene rings is 1. The van der Waals surface area contributed by atoms with E-state index in [-0.39, 0.29) is 12.2 Å². The van der Waals surface area contributed by atoms with Gasteiger partial charge in [-0.25, -0.2) is 8.78 Å². The molecule has 1 rings (SSSR count).